The van der Waals surface area contributed by atoms with Crippen molar-refractivity contribution in [3.8, 4) is 0 Å². The minimum Gasteiger partial charge on any atom is -0.0740 e. The van der Waals surface area contributed by atoms with Gasteiger partial charge in [0.25, 0.3) is 0 Å². The molecule has 1 aromatic rings. The Morgan fingerprint density at radius 3 is 1.55 bits per heavy atom. The Morgan fingerprint density at radius 2 is 1.23 bits per heavy atom. The maximum Gasteiger partial charge on any atom is 0.0444 e. The Kier molecular flexibility index (Phi) is 8.18. The molecule has 0 heterocycles. The third kappa shape index (κ3) is 5.95. The first-order valence-electron chi connectivity index (χ1n) is 8.61. The van der Waals surface area contributed by atoms with E-state index < -0.39 is 0 Å². The van der Waals surface area contributed by atoms with Crippen molar-refractivity contribution in [3.63, 3.8) is 0 Å². The monoisotopic (exact) mass is 526 g/mol. The van der Waals surface area contributed by atoms with Crippen molar-refractivity contribution < 1.29 is 0 Å². The summed E-state index contributed by atoms with van der Waals surface area (Å²) >= 11 is 5.31. The Bertz CT molecular complexity index is 423. The Labute approximate surface area is 165 Å². The summed E-state index contributed by atoms with van der Waals surface area (Å²) in [5.41, 5.74) is 2.97. The van der Waals surface area contributed by atoms with Crippen LogP contribution in [-0.2, 0) is 6.84 Å². The zero-order valence-electron chi connectivity index (χ0n) is 15.0. The van der Waals surface area contributed by atoms with Crippen LogP contribution in [0.4, 0.5) is 0 Å². The summed E-state index contributed by atoms with van der Waals surface area (Å²) < 4.78 is 0.457. The molecule has 0 saturated carbocycles. The second-order valence-electron chi connectivity index (χ2n) is 7.41. The standard InChI is InChI=1S/C20H32I2/c1-7-15(3)13-19(5,21)17-10-9-11-18(12-17)20(6,22)14-16(4)8-2/h9-12,15-16H,7-8,13-14H2,1-6H3. The van der Waals surface area contributed by atoms with E-state index in [1.54, 1.807) is 0 Å². The molecule has 0 nitrogen and oxygen atoms in total. The second kappa shape index (κ2) is 8.68. The zero-order chi connectivity index (χ0) is 17.0. The van der Waals surface area contributed by atoms with Gasteiger partial charge in [-0.1, -0.05) is 110 Å². The van der Waals surface area contributed by atoms with Crippen LogP contribution in [0.2, 0.25) is 0 Å². The summed E-state index contributed by atoms with van der Waals surface area (Å²) in [4.78, 5) is 0. The van der Waals surface area contributed by atoms with Gasteiger partial charge in [0.2, 0.25) is 0 Å². The summed E-state index contributed by atoms with van der Waals surface area (Å²) in [5.74, 6) is 1.55. The third-order valence-corrected chi connectivity index (χ3v) is 7.05. The number of rotatable bonds is 8. The predicted molar refractivity (Wildman–Crippen MR) is 117 cm³/mol. The van der Waals surface area contributed by atoms with E-state index in [9.17, 15) is 0 Å². The number of alkyl halides is 2. The lowest BCUT2D eigenvalue weighted by Crippen LogP contribution is -2.20. The van der Waals surface area contributed by atoms with Gasteiger partial charge in [0, 0.05) is 6.84 Å². The van der Waals surface area contributed by atoms with Crippen LogP contribution in [0.1, 0.15) is 78.4 Å². The average molecular weight is 526 g/mol. The summed E-state index contributed by atoms with van der Waals surface area (Å²) in [7, 11) is 0. The molecule has 0 spiro atoms. The van der Waals surface area contributed by atoms with Gasteiger partial charge < -0.3 is 0 Å². The molecule has 0 aliphatic heterocycles. The van der Waals surface area contributed by atoms with Crippen LogP contribution >= 0.6 is 45.2 Å². The molecule has 4 atom stereocenters. The number of halogens is 2. The Hall–Kier alpha value is 0.680. The van der Waals surface area contributed by atoms with Gasteiger partial charge in [-0.3, -0.25) is 0 Å². The van der Waals surface area contributed by atoms with E-state index in [-0.39, 0.29) is 6.84 Å². The van der Waals surface area contributed by atoms with Crippen LogP contribution in [0.5, 0.6) is 0 Å². The van der Waals surface area contributed by atoms with E-state index in [4.69, 9.17) is 0 Å². The molecule has 2 heteroatoms. The molecule has 4 unspecified atom stereocenters. The van der Waals surface area contributed by atoms with Gasteiger partial charge in [0.05, 0.1) is 0 Å². The van der Waals surface area contributed by atoms with Gasteiger partial charge in [0.1, 0.15) is 0 Å². The lowest BCUT2D eigenvalue weighted by molar-refractivity contribution is 0.453. The number of benzene rings is 1. The quantitative estimate of drug-likeness (QED) is 0.239. The van der Waals surface area contributed by atoms with Gasteiger partial charge in [0.15, 0.2) is 0 Å². The number of hydrogen-bond acceptors (Lipinski definition) is 0. The maximum atomic E-state index is 2.66. The normalized spacial score (nSPS) is 20.0. The van der Waals surface area contributed by atoms with Crippen LogP contribution in [0.15, 0.2) is 24.3 Å². The van der Waals surface area contributed by atoms with E-state index in [1.165, 1.54) is 36.8 Å². The molecule has 0 aliphatic rings. The predicted octanol–water partition coefficient (Wildman–Crippen LogP) is 7.86. The van der Waals surface area contributed by atoms with Crippen molar-refractivity contribution in [2.75, 3.05) is 0 Å². The molecule has 0 N–H and O–H groups in total. The minimum absolute atomic E-state index is 0.228. The first kappa shape index (κ1) is 20.7. The summed E-state index contributed by atoms with van der Waals surface area (Å²) in [6.45, 7) is 14.1. The molecule has 1 rings (SSSR count). The fraction of sp³-hybridized carbons (Fsp3) is 0.700. The molecule has 0 amide bonds. The molecule has 0 bridgehead atoms. The van der Waals surface area contributed by atoms with E-state index in [0.29, 0.717) is 0 Å². The first-order chi connectivity index (χ1) is 10.1. The van der Waals surface area contributed by atoms with Crippen molar-refractivity contribution in [1.29, 1.82) is 0 Å². The van der Waals surface area contributed by atoms with Crippen molar-refractivity contribution in [3.05, 3.63) is 35.4 Å². The van der Waals surface area contributed by atoms with Crippen molar-refractivity contribution in [1.82, 2.24) is 0 Å². The molecule has 126 valence electrons. The fourth-order valence-corrected chi connectivity index (χ4v) is 5.18. The van der Waals surface area contributed by atoms with Gasteiger partial charge in [-0.25, -0.2) is 0 Å². The average Bonchev–Trinajstić information content (AvgIpc) is 2.46. The van der Waals surface area contributed by atoms with Gasteiger partial charge >= 0.3 is 0 Å². The van der Waals surface area contributed by atoms with Gasteiger partial charge in [-0.2, -0.15) is 0 Å². The lowest BCUT2D eigenvalue weighted by atomic mass is 9.85. The molecule has 0 aliphatic carbocycles. The highest BCUT2D eigenvalue weighted by Crippen LogP contribution is 2.43. The van der Waals surface area contributed by atoms with Crippen LogP contribution in [0, 0.1) is 11.8 Å². The molecule has 1 aromatic carbocycles. The lowest BCUT2D eigenvalue weighted by Gasteiger charge is -2.30. The van der Waals surface area contributed by atoms with E-state index in [2.05, 4.69) is 111 Å². The summed E-state index contributed by atoms with van der Waals surface area (Å²) in [6, 6.07) is 9.35. The van der Waals surface area contributed by atoms with Crippen molar-refractivity contribution in [2.45, 2.75) is 74.1 Å². The zero-order valence-corrected chi connectivity index (χ0v) is 19.4. The molecule has 0 fully saturated rings. The first-order valence-corrected chi connectivity index (χ1v) is 10.8. The van der Waals surface area contributed by atoms with E-state index >= 15 is 0 Å². The highest BCUT2D eigenvalue weighted by Gasteiger charge is 2.29. The van der Waals surface area contributed by atoms with Gasteiger partial charge in [-0.15, -0.1) is 0 Å². The van der Waals surface area contributed by atoms with Crippen LogP contribution in [0.3, 0.4) is 0 Å². The molecular weight excluding hydrogens is 494 g/mol. The number of hydrogen-bond donors (Lipinski definition) is 0. The largest absolute Gasteiger partial charge is 0.0740 e. The van der Waals surface area contributed by atoms with E-state index in [0.717, 1.165) is 11.8 Å². The smallest absolute Gasteiger partial charge is 0.0444 e. The Balaban J connectivity index is 3.03. The molecule has 22 heavy (non-hydrogen) atoms. The summed E-state index contributed by atoms with van der Waals surface area (Å²) in [5, 5.41) is 0. The topological polar surface area (TPSA) is 0 Å². The maximum absolute atomic E-state index is 2.66. The molecule has 0 saturated heterocycles. The SMILES string of the molecule is CCC(C)CC(C)(I)c1cccc(C(C)(I)CC(C)CC)c1. The summed E-state index contributed by atoms with van der Waals surface area (Å²) in [6.07, 6.45) is 5.01. The highest BCUT2D eigenvalue weighted by molar-refractivity contribution is 14.1. The minimum atomic E-state index is 0.228. The van der Waals surface area contributed by atoms with Crippen molar-refractivity contribution >= 4 is 45.2 Å². The highest BCUT2D eigenvalue weighted by atomic mass is 127. The van der Waals surface area contributed by atoms with Crippen LogP contribution in [-0.4, -0.2) is 0 Å². The molecule has 0 aromatic heterocycles. The second-order valence-corrected chi connectivity index (χ2v) is 12.2. The van der Waals surface area contributed by atoms with Crippen LogP contribution < -0.4 is 0 Å². The van der Waals surface area contributed by atoms with Gasteiger partial charge in [-0.05, 0) is 49.7 Å². The van der Waals surface area contributed by atoms with Crippen LogP contribution in [0.25, 0.3) is 0 Å². The molecule has 0 radical (unpaired) electrons. The molecular formula is C20H32I2. The fourth-order valence-electron chi connectivity index (χ4n) is 3.00. The van der Waals surface area contributed by atoms with Crippen molar-refractivity contribution in [2.24, 2.45) is 11.8 Å². The Morgan fingerprint density at radius 1 is 0.864 bits per heavy atom. The third-order valence-electron chi connectivity index (χ3n) is 4.92. The van der Waals surface area contributed by atoms with E-state index in [1.807, 2.05) is 0 Å².